The van der Waals surface area contributed by atoms with Gasteiger partial charge in [-0.1, -0.05) is 13.0 Å². The van der Waals surface area contributed by atoms with Crippen molar-refractivity contribution in [3.63, 3.8) is 0 Å². The summed E-state index contributed by atoms with van der Waals surface area (Å²) >= 11 is 0. The Morgan fingerprint density at radius 1 is 1.29 bits per heavy atom. The van der Waals surface area contributed by atoms with Crippen molar-refractivity contribution >= 4 is 11.0 Å². The molecule has 0 spiro atoms. The number of hydrogen-bond donors (Lipinski definition) is 0. The van der Waals surface area contributed by atoms with Crippen molar-refractivity contribution in [3.05, 3.63) is 29.6 Å². The van der Waals surface area contributed by atoms with Crippen LogP contribution in [0, 0.1) is 11.3 Å². The number of aromatic nitrogens is 2. The Bertz CT molecular complexity index is 659. The quantitative estimate of drug-likeness (QED) is 0.846. The molecule has 4 nitrogen and oxygen atoms in total. The summed E-state index contributed by atoms with van der Waals surface area (Å²) in [6, 6.07) is 8.77. The molecule has 110 valence electrons. The predicted molar refractivity (Wildman–Crippen MR) is 83.9 cm³/mol. The molecule has 0 unspecified atom stereocenters. The van der Waals surface area contributed by atoms with Crippen molar-refractivity contribution in [3.8, 4) is 6.07 Å². The lowest BCUT2D eigenvalue weighted by Crippen LogP contribution is -2.21. The molecule has 0 N–H and O–H groups in total. The summed E-state index contributed by atoms with van der Waals surface area (Å²) < 4.78 is 2.23. The monoisotopic (exact) mass is 282 g/mol. The van der Waals surface area contributed by atoms with Crippen LogP contribution in [0.2, 0.25) is 0 Å². The molecule has 1 aliphatic heterocycles. The van der Waals surface area contributed by atoms with Crippen molar-refractivity contribution in [2.45, 2.75) is 45.7 Å². The third kappa shape index (κ3) is 2.93. The van der Waals surface area contributed by atoms with E-state index in [1.165, 1.54) is 31.5 Å². The molecule has 0 atom stereocenters. The summed E-state index contributed by atoms with van der Waals surface area (Å²) in [7, 11) is 0. The van der Waals surface area contributed by atoms with Crippen molar-refractivity contribution in [2.24, 2.45) is 0 Å². The van der Waals surface area contributed by atoms with Gasteiger partial charge in [0, 0.05) is 6.54 Å². The van der Waals surface area contributed by atoms with E-state index in [9.17, 15) is 0 Å². The molecule has 0 saturated carbocycles. The fraction of sp³-hybridized carbons (Fsp3) is 0.529. The number of hydrogen-bond acceptors (Lipinski definition) is 3. The third-order valence-electron chi connectivity index (χ3n) is 4.31. The number of rotatable bonds is 5. The van der Waals surface area contributed by atoms with E-state index in [4.69, 9.17) is 10.2 Å². The van der Waals surface area contributed by atoms with Crippen molar-refractivity contribution in [1.29, 1.82) is 5.26 Å². The highest BCUT2D eigenvalue weighted by Crippen LogP contribution is 2.21. The van der Waals surface area contributed by atoms with Crippen LogP contribution in [0.5, 0.6) is 0 Å². The maximum absolute atomic E-state index is 8.90. The van der Waals surface area contributed by atoms with Crippen LogP contribution in [-0.2, 0) is 19.5 Å². The van der Waals surface area contributed by atoms with E-state index in [2.05, 4.69) is 40.7 Å². The zero-order chi connectivity index (χ0) is 14.7. The second-order valence-electron chi connectivity index (χ2n) is 5.75. The molecule has 21 heavy (non-hydrogen) atoms. The molecule has 0 aliphatic carbocycles. The predicted octanol–water partition coefficient (Wildman–Crippen LogP) is 3.11. The van der Waals surface area contributed by atoms with Crippen LogP contribution in [0.3, 0.4) is 0 Å². The van der Waals surface area contributed by atoms with E-state index in [0.717, 1.165) is 36.4 Å². The van der Waals surface area contributed by atoms with Gasteiger partial charge in [0.1, 0.15) is 5.82 Å². The molecule has 2 heterocycles. The van der Waals surface area contributed by atoms with Crippen LogP contribution in [-0.4, -0.2) is 27.5 Å². The molecule has 1 aromatic heterocycles. The standard InChI is InChI=1S/C17H22N4/c1-2-14-6-7-16-15(12-14)19-17(21(16)11-5-8-18)13-20-9-3-4-10-20/h6-7,12H,2-5,9-11,13H2,1H3. The van der Waals surface area contributed by atoms with Crippen molar-refractivity contribution < 1.29 is 0 Å². The first kappa shape index (κ1) is 14.1. The van der Waals surface area contributed by atoms with Gasteiger partial charge >= 0.3 is 0 Å². The van der Waals surface area contributed by atoms with E-state index < -0.39 is 0 Å². The number of fused-ring (bicyclic) bond motifs is 1. The van der Waals surface area contributed by atoms with E-state index in [1.807, 2.05) is 0 Å². The van der Waals surface area contributed by atoms with Gasteiger partial charge in [0.25, 0.3) is 0 Å². The Morgan fingerprint density at radius 2 is 2.10 bits per heavy atom. The molecule has 1 saturated heterocycles. The molecule has 2 aromatic rings. The number of nitriles is 1. The van der Waals surface area contributed by atoms with Gasteiger partial charge in [-0.15, -0.1) is 0 Å². The second kappa shape index (κ2) is 6.28. The molecule has 1 aliphatic rings. The van der Waals surface area contributed by atoms with E-state index >= 15 is 0 Å². The first-order valence-corrected chi connectivity index (χ1v) is 7.89. The Labute approximate surface area is 126 Å². The summed E-state index contributed by atoms with van der Waals surface area (Å²) in [6.07, 6.45) is 4.15. The van der Waals surface area contributed by atoms with Crippen LogP contribution < -0.4 is 0 Å². The number of likely N-dealkylation sites (tertiary alicyclic amines) is 1. The third-order valence-corrected chi connectivity index (χ3v) is 4.31. The Balaban J connectivity index is 1.97. The average molecular weight is 282 g/mol. The number of aryl methyl sites for hydroxylation is 2. The highest BCUT2D eigenvalue weighted by molar-refractivity contribution is 5.77. The molecule has 1 aromatic carbocycles. The molecule has 4 heteroatoms. The molecular weight excluding hydrogens is 260 g/mol. The lowest BCUT2D eigenvalue weighted by atomic mass is 10.1. The maximum Gasteiger partial charge on any atom is 0.124 e. The fourth-order valence-electron chi connectivity index (χ4n) is 3.12. The molecule has 0 amide bonds. The van der Waals surface area contributed by atoms with Crippen LogP contribution in [0.25, 0.3) is 11.0 Å². The Morgan fingerprint density at radius 3 is 2.81 bits per heavy atom. The summed E-state index contributed by atoms with van der Waals surface area (Å²) in [6.45, 7) is 6.14. The van der Waals surface area contributed by atoms with Gasteiger partial charge < -0.3 is 4.57 Å². The summed E-state index contributed by atoms with van der Waals surface area (Å²) in [5.41, 5.74) is 3.55. The van der Waals surface area contributed by atoms with Crippen molar-refractivity contribution in [1.82, 2.24) is 14.5 Å². The zero-order valence-corrected chi connectivity index (χ0v) is 12.7. The number of benzene rings is 1. The van der Waals surface area contributed by atoms with Gasteiger partial charge in [-0.05, 0) is 50.0 Å². The highest BCUT2D eigenvalue weighted by atomic mass is 15.2. The van der Waals surface area contributed by atoms with Crippen molar-refractivity contribution in [2.75, 3.05) is 13.1 Å². The first-order valence-electron chi connectivity index (χ1n) is 7.89. The SMILES string of the molecule is CCc1ccc2c(c1)nc(CN1CCCC1)n2CCC#N. The minimum absolute atomic E-state index is 0.536. The van der Waals surface area contributed by atoms with Crippen LogP contribution in [0.4, 0.5) is 0 Å². The van der Waals surface area contributed by atoms with E-state index in [-0.39, 0.29) is 0 Å². The lowest BCUT2D eigenvalue weighted by Gasteiger charge is -2.15. The van der Waals surface area contributed by atoms with Gasteiger partial charge in [-0.3, -0.25) is 4.90 Å². The normalized spacial score (nSPS) is 15.6. The zero-order valence-electron chi connectivity index (χ0n) is 12.7. The average Bonchev–Trinajstić information content (AvgIpc) is 3.12. The molecule has 3 rings (SSSR count). The number of imidazole rings is 1. The topological polar surface area (TPSA) is 44.9 Å². The van der Waals surface area contributed by atoms with Gasteiger partial charge in [0.05, 0.1) is 30.1 Å². The summed E-state index contributed by atoms with van der Waals surface area (Å²) in [4.78, 5) is 7.31. The van der Waals surface area contributed by atoms with Gasteiger partial charge in [0.2, 0.25) is 0 Å². The smallest absolute Gasteiger partial charge is 0.124 e. The van der Waals surface area contributed by atoms with Crippen LogP contribution in [0.15, 0.2) is 18.2 Å². The lowest BCUT2D eigenvalue weighted by molar-refractivity contribution is 0.317. The minimum atomic E-state index is 0.536. The van der Waals surface area contributed by atoms with E-state index in [0.29, 0.717) is 6.42 Å². The Hall–Kier alpha value is -1.86. The van der Waals surface area contributed by atoms with Gasteiger partial charge in [-0.2, -0.15) is 5.26 Å². The van der Waals surface area contributed by atoms with Crippen LogP contribution in [0.1, 0.15) is 37.6 Å². The first-order chi connectivity index (χ1) is 10.3. The molecule has 0 bridgehead atoms. The minimum Gasteiger partial charge on any atom is -0.326 e. The van der Waals surface area contributed by atoms with E-state index in [1.54, 1.807) is 0 Å². The van der Waals surface area contributed by atoms with Gasteiger partial charge in [0.15, 0.2) is 0 Å². The summed E-state index contributed by atoms with van der Waals surface area (Å²) in [5.74, 6) is 1.11. The molecular formula is C17H22N4. The highest BCUT2D eigenvalue weighted by Gasteiger charge is 2.17. The molecule has 1 fully saturated rings. The number of nitrogens with zero attached hydrogens (tertiary/aromatic N) is 4. The summed E-state index contributed by atoms with van der Waals surface area (Å²) in [5, 5.41) is 8.90. The van der Waals surface area contributed by atoms with Crippen LogP contribution >= 0.6 is 0 Å². The largest absolute Gasteiger partial charge is 0.326 e. The second-order valence-corrected chi connectivity index (χ2v) is 5.75. The fourth-order valence-corrected chi connectivity index (χ4v) is 3.12. The van der Waals surface area contributed by atoms with Gasteiger partial charge in [-0.25, -0.2) is 4.98 Å². The maximum atomic E-state index is 8.90. The Kier molecular flexibility index (Phi) is 4.21. The molecule has 0 radical (unpaired) electrons.